The Bertz CT molecular complexity index is 685. The van der Waals surface area contributed by atoms with Crippen molar-refractivity contribution in [2.75, 3.05) is 19.6 Å². The van der Waals surface area contributed by atoms with Crippen LogP contribution in [0, 0.1) is 0 Å². The minimum atomic E-state index is -0.630. The van der Waals surface area contributed by atoms with Gasteiger partial charge in [-0.05, 0) is 18.1 Å². The van der Waals surface area contributed by atoms with Crippen molar-refractivity contribution in [2.24, 2.45) is 5.73 Å². The van der Waals surface area contributed by atoms with Crippen LogP contribution in [0.4, 0.5) is 0 Å². The number of para-hydroxylation sites is 1. The number of rotatable bonds is 3. The Morgan fingerprint density at radius 1 is 1.36 bits per heavy atom. The lowest BCUT2D eigenvalue weighted by atomic mass is 10.0. The van der Waals surface area contributed by atoms with Crippen LogP contribution in [-0.2, 0) is 16.0 Å². The molecule has 1 aliphatic heterocycles. The summed E-state index contributed by atoms with van der Waals surface area (Å²) >= 11 is 0. The summed E-state index contributed by atoms with van der Waals surface area (Å²) in [5, 5.41) is 3.78. The molecular weight excluding hydrogens is 304 g/mol. The molecule has 2 heterocycles. The Kier molecular flexibility index (Phi) is 5.05. The smallest absolute Gasteiger partial charge is 0.240 e. The molecule has 6 nitrogen and oxygen atoms in total. The lowest BCUT2D eigenvalue weighted by Gasteiger charge is -2.28. The second kappa shape index (κ2) is 6.81. The third-order valence-electron chi connectivity index (χ3n) is 3.78. The number of amides is 2. The molecule has 0 aliphatic carbocycles. The van der Waals surface area contributed by atoms with Crippen LogP contribution >= 0.6 is 12.4 Å². The van der Waals surface area contributed by atoms with Gasteiger partial charge in [-0.25, -0.2) is 0 Å². The number of benzene rings is 1. The average molecular weight is 323 g/mol. The van der Waals surface area contributed by atoms with E-state index in [-0.39, 0.29) is 30.8 Å². The summed E-state index contributed by atoms with van der Waals surface area (Å²) in [7, 11) is 0. The van der Waals surface area contributed by atoms with E-state index in [9.17, 15) is 9.59 Å². The molecule has 0 saturated carbocycles. The number of aromatic nitrogens is 1. The predicted octanol–water partition coefficient (Wildman–Crippen LogP) is 0.418. The number of carbonyl (C=O) groups excluding carboxylic acids is 2. The number of fused-ring (bicyclic) bond motifs is 1. The van der Waals surface area contributed by atoms with Crippen LogP contribution in [0.2, 0.25) is 0 Å². The van der Waals surface area contributed by atoms with Gasteiger partial charge in [0.25, 0.3) is 0 Å². The molecule has 1 saturated heterocycles. The van der Waals surface area contributed by atoms with E-state index in [1.807, 2.05) is 30.5 Å². The second-order valence-electron chi connectivity index (χ2n) is 5.28. The zero-order valence-corrected chi connectivity index (χ0v) is 12.9. The Labute approximate surface area is 134 Å². The van der Waals surface area contributed by atoms with Crippen molar-refractivity contribution < 1.29 is 9.59 Å². The first-order valence-corrected chi connectivity index (χ1v) is 7.01. The summed E-state index contributed by atoms with van der Waals surface area (Å²) in [5.74, 6) is -0.302. The maximum atomic E-state index is 12.3. The molecule has 0 bridgehead atoms. The minimum absolute atomic E-state index is 0. The van der Waals surface area contributed by atoms with E-state index >= 15 is 0 Å². The number of H-pyrrole nitrogens is 1. The molecule has 7 heteroatoms. The molecule has 1 aliphatic rings. The van der Waals surface area contributed by atoms with Gasteiger partial charge in [-0.15, -0.1) is 12.4 Å². The second-order valence-corrected chi connectivity index (χ2v) is 5.28. The lowest BCUT2D eigenvalue weighted by molar-refractivity contribution is -0.139. The van der Waals surface area contributed by atoms with Crippen molar-refractivity contribution in [3.8, 4) is 0 Å². The number of nitrogens with zero attached hydrogens (tertiary/aromatic N) is 1. The highest BCUT2D eigenvalue weighted by molar-refractivity contribution is 5.89. The highest BCUT2D eigenvalue weighted by Crippen LogP contribution is 2.19. The third-order valence-corrected chi connectivity index (χ3v) is 3.78. The van der Waals surface area contributed by atoms with E-state index < -0.39 is 6.04 Å². The molecular formula is C15H19ClN4O2. The molecule has 22 heavy (non-hydrogen) atoms. The normalized spacial score (nSPS) is 16.0. The highest BCUT2D eigenvalue weighted by Gasteiger charge is 2.26. The molecule has 4 N–H and O–H groups in total. The monoisotopic (exact) mass is 322 g/mol. The molecule has 1 aromatic heterocycles. The third kappa shape index (κ3) is 3.23. The van der Waals surface area contributed by atoms with Crippen LogP contribution in [0.15, 0.2) is 30.5 Å². The SMILES string of the molecule is Cl.N[C@@H](Cc1c[nH]c2ccccc12)C(=O)N1CCNC(=O)C1. The van der Waals surface area contributed by atoms with Gasteiger partial charge in [-0.3, -0.25) is 9.59 Å². The molecule has 2 aromatic rings. The topological polar surface area (TPSA) is 91.2 Å². The first-order valence-electron chi connectivity index (χ1n) is 7.01. The zero-order chi connectivity index (χ0) is 14.8. The molecule has 0 spiro atoms. The van der Waals surface area contributed by atoms with Gasteiger partial charge in [0, 0.05) is 30.2 Å². The van der Waals surface area contributed by atoms with Crippen LogP contribution in [0.1, 0.15) is 5.56 Å². The average Bonchev–Trinajstić information content (AvgIpc) is 2.90. The van der Waals surface area contributed by atoms with Crippen molar-refractivity contribution in [3.05, 3.63) is 36.0 Å². The number of hydrogen-bond acceptors (Lipinski definition) is 3. The van der Waals surface area contributed by atoms with Gasteiger partial charge in [-0.1, -0.05) is 18.2 Å². The van der Waals surface area contributed by atoms with Crippen LogP contribution in [0.5, 0.6) is 0 Å². The Morgan fingerprint density at radius 3 is 2.91 bits per heavy atom. The lowest BCUT2D eigenvalue weighted by Crippen LogP contribution is -2.54. The van der Waals surface area contributed by atoms with Crippen molar-refractivity contribution in [3.63, 3.8) is 0 Å². The molecule has 1 atom stereocenters. The van der Waals surface area contributed by atoms with Gasteiger partial charge in [-0.2, -0.15) is 0 Å². The summed E-state index contributed by atoms with van der Waals surface area (Å²) < 4.78 is 0. The number of halogens is 1. The number of nitrogens with two attached hydrogens (primary N) is 1. The molecule has 2 amide bonds. The molecule has 1 fully saturated rings. The minimum Gasteiger partial charge on any atom is -0.361 e. The maximum absolute atomic E-state index is 12.3. The van der Waals surface area contributed by atoms with Crippen LogP contribution in [-0.4, -0.2) is 47.4 Å². The van der Waals surface area contributed by atoms with E-state index in [4.69, 9.17) is 5.73 Å². The quantitative estimate of drug-likeness (QED) is 0.764. The Morgan fingerprint density at radius 2 is 2.14 bits per heavy atom. The van der Waals surface area contributed by atoms with Gasteiger partial charge < -0.3 is 20.9 Å². The Hall–Kier alpha value is -2.05. The molecule has 118 valence electrons. The fourth-order valence-corrected chi connectivity index (χ4v) is 2.69. The molecule has 0 unspecified atom stereocenters. The first-order chi connectivity index (χ1) is 10.1. The number of nitrogens with one attached hydrogen (secondary N) is 2. The standard InChI is InChI=1S/C15H18N4O2.ClH/c16-12(15(21)19-6-5-17-14(20)9-19)7-10-8-18-13-4-2-1-3-11(10)13;/h1-4,8,12,18H,5-7,9,16H2,(H,17,20);1H/t12-;/m0./s1. The predicted molar refractivity (Wildman–Crippen MR) is 86.8 cm³/mol. The van der Waals surface area contributed by atoms with Gasteiger partial charge in [0.1, 0.15) is 0 Å². The van der Waals surface area contributed by atoms with Crippen LogP contribution in [0.25, 0.3) is 10.9 Å². The summed E-state index contributed by atoms with van der Waals surface area (Å²) in [6.07, 6.45) is 2.35. The number of hydrogen-bond donors (Lipinski definition) is 3. The fourth-order valence-electron chi connectivity index (χ4n) is 2.69. The van der Waals surface area contributed by atoms with E-state index in [0.29, 0.717) is 19.5 Å². The molecule has 0 radical (unpaired) electrons. The Balaban J connectivity index is 0.00000176. The summed E-state index contributed by atoms with van der Waals surface area (Å²) in [4.78, 5) is 28.4. The van der Waals surface area contributed by atoms with Gasteiger partial charge >= 0.3 is 0 Å². The van der Waals surface area contributed by atoms with Crippen molar-refractivity contribution in [1.82, 2.24) is 15.2 Å². The molecule has 3 rings (SSSR count). The highest BCUT2D eigenvalue weighted by atomic mass is 35.5. The van der Waals surface area contributed by atoms with E-state index in [2.05, 4.69) is 10.3 Å². The number of aromatic amines is 1. The maximum Gasteiger partial charge on any atom is 0.240 e. The van der Waals surface area contributed by atoms with E-state index in [0.717, 1.165) is 16.5 Å². The van der Waals surface area contributed by atoms with E-state index in [1.54, 1.807) is 0 Å². The van der Waals surface area contributed by atoms with Gasteiger partial charge in [0.15, 0.2) is 0 Å². The summed E-state index contributed by atoms with van der Waals surface area (Å²) in [6, 6.07) is 7.28. The number of piperazine rings is 1. The van der Waals surface area contributed by atoms with Crippen molar-refractivity contribution >= 4 is 35.1 Å². The summed E-state index contributed by atoms with van der Waals surface area (Å²) in [6.45, 7) is 1.11. The van der Waals surface area contributed by atoms with E-state index in [1.165, 1.54) is 4.90 Å². The zero-order valence-electron chi connectivity index (χ0n) is 12.0. The van der Waals surface area contributed by atoms with Gasteiger partial charge in [0.2, 0.25) is 11.8 Å². The van der Waals surface area contributed by atoms with Crippen molar-refractivity contribution in [1.29, 1.82) is 0 Å². The summed E-state index contributed by atoms with van der Waals surface area (Å²) in [5.41, 5.74) is 8.09. The first kappa shape index (κ1) is 16.3. The molecule has 1 aromatic carbocycles. The van der Waals surface area contributed by atoms with Crippen molar-refractivity contribution in [2.45, 2.75) is 12.5 Å². The largest absolute Gasteiger partial charge is 0.361 e. The van der Waals surface area contributed by atoms with Gasteiger partial charge in [0.05, 0.1) is 12.6 Å². The fraction of sp³-hybridized carbons (Fsp3) is 0.333. The van der Waals surface area contributed by atoms with Crippen LogP contribution < -0.4 is 11.1 Å². The number of carbonyl (C=O) groups is 2. The van der Waals surface area contributed by atoms with Crippen LogP contribution in [0.3, 0.4) is 0 Å².